The SMILES string of the molecule is CCN(Cc1nc(C(C)C)no1)S(=O)(=O)c1cccc2nsnc12. The van der Waals surface area contributed by atoms with Crippen molar-refractivity contribution in [1.82, 2.24) is 23.2 Å². The summed E-state index contributed by atoms with van der Waals surface area (Å²) in [5.41, 5.74) is 0.950. The van der Waals surface area contributed by atoms with Crippen LogP contribution in [0.3, 0.4) is 0 Å². The standard InChI is InChI=1S/C14H17N5O3S2/c1-4-19(8-12-15-14(9(2)3)16-22-12)24(20,21)11-7-5-6-10-13(11)18-23-17-10/h5-7,9H,4,8H2,1-3H3. The summed E-state index contributed by atoms with van der Waals surface area (Å²) >= 11 is 0.989. The van der Waals surface area contributed by atoms with Crippen molar-refractivity contribution in [2.45, 2.75) is 38.1 Å². The Hall–Kier alpha value is -1.91. The molecule has 0 unspecified atom stereocenters. The summed E-state index contributed by atoms with van der Waals surface area (Å²) in [6, 6.07) is 4.93. The smallest absolute Gasteiger partial charge is 0.245 e. The van der Waals surface area contributed by atoms with Crippen LogP contribution in [0.25, 0.3) is 11.0 Å². The molecule has 0 amide bonds. The fraction of sp³-hybridized carbons (Fsp3) is 0.429. The van der Waals surface area contributed by atoms with E-state index in [1.807, 2.05) is 13.8 Å². The van der Waals surface area contributed by atoms with E-state index in [1.54, 1.807) is 19.1 Å². The Bertz CT molecular complexity index is 948. The minimum atomic E-state index is -3.75. The number of nitrogens with zero attached hydrogens (tertiary/aromatic N) is 5. The van der Waals surface area contributed by atoms with E-state index in [1.165, 1.54) is 10.4 Å². The highest BCUT2D eigenvalue weighted by molar-refractivity contribution is 7.89. The van der Waals surface area contributed by atoms with Crippen molar-refractivity contribution >= 4 is 32.8 Å². The summed E-state index contributed by atoms with van der Waals surface area (Å²) in [5.74, 6) is 0.945. The number of fused-ring (bicyclic) bond motifs is 1. The van der Waals surface area contributed by atoms with Crippen LogP contribution in [0, 0.1) is 0 Å². The van der Waals surface area contributed by atoms with Crippen molar-refractivity contribution in [3.05, 3.63) is 29.9 Å². The van der Waals surface area contributed by atoms with Gasteiger partial charge in [0.25, 0.3) is 0 Å². The molecule has 1 aromatic carbocycles. The first kappa shape index (κ1) is 16.9. The van der Waals surface area contributed by atoms with Crippen molar-refractivity contribution < 1.29 is 12.9 Å². The topological polar surface area (TPSA) is 102 Å². The highest BCUT2D eigenvalue weighted by Crippen LogP contribution is 2.25. The summed E-state index contributed by atoms with van der Waals surface area (Å²) in [7, 11) is -3.75. The molecule has 8 nitrogen and oxygen atoms in total. The molecule has 0 saturated carbocycles. The van der Waals surface area contributed by atoms with E-state index in [-0.39, 0.29) is 29.8 Å². The van der Waals surface area contributed by atoms with Gasteiger partial charge in [0.1, 0.15) is 15.9 Å². The van der Waals surface area contributed by atoms with E-state index in [2.05, 4.69) is 18.9 Å². The minimum Gasteiger partial charge on any atom is -0.338 e. The van der Waals surface area contributed by atoms with Gasteiger partial charge >= 0.3 is 0 Å². The van der Waals surface area contributed by atoms with E-state index >= 15 is 0 Å². The van der Waals surface area contributed by atoms with Crippen LogP contribution in [0.4, 0.5) is 0 Å². The summed E-state index contributed by atoms with van der Waals surface area (Å²) in [4.78, 5) is 4.39. The van der Waals surface area contributed by atoms with Crippen LogP contribution in [-0.2, 0) is 16.6 Å². The van der Waals surface area contributed by atoms with Gasteiger partial charge in [-0.05, 0) is 12.1 Å². The molecule has 0 aliphatic heterocycles. The molecule has 2 aromatic heterocycles. The van der Waals surface area contributed by atoms with Crippen molar-refractivity contribution in [3.63, 3.8) is 0 Å². The molecule has 0 N–H and O–H groups in total. The molecule has 2 heterocycles. The number of hydrogen-bond acceptors (Lipinski definition) is 8. The van der Waals surface area contributed by atoms with Gasteiger partial charge < -0.3 is 4.52 Å². The average Bonchev–Trinajstić information content (AvgIpc) is 3.20. The average molecular weight is 367 g/mol. The fourth-order valence-corrected chi connectivity index (χ4v) is 4.36. The second kappa shape index (κ2) is 6.54. The van der Waals surface area contributed by atoms with E-state index in [9.17, 15) is 8.42 Å². The maximum Gasteiger partial charge on any atom is 0.245 e. The van der Waals surface area contributed by atoms with Gasteiger partial charge in [-0.1, -0.05) is 32.0 Å². The lowest BCUT2D eigenvalue weighted by Crippen LogP contribution is -2.30. The Balaban J connectivity index is 1.95. The lowest BCUT2D eigenvalue weighted by molar-refractivity contribution is 0.319. The first-order valence-corrected chi connectivity index (χ1v) is 9.64. The lowest BCUT2D eigenvalue weighted by Gasteiger charge is -2.18. The molecule has 10 heteroatoms. The minimum absolute atomic E-state index is 0.0203. The Kier molecular flexibility index (Phi) is 4.61. The normalized spacial score (nSPS) is 12.5. The third kappa shape index (κ3) is 3.04. The predicted octanol–water partition coefficient (Wildman–Crippen LogP) is 2.41. The Labute approximate surface area is 143 Å². The molecule has 24 heavy (non-hydrogen) atoms. The number of sulfonamides is 1. The quantitative estimate of drug-likeness (QED) is 0.659. The van der Waals surface area contributed by atoms with Crippen LogP contribution in [0.15, 0.2) is 27.6 Å². The molecule has 0 atom stereocenters. The summed E-state index contributed by atoms with van der Waals surface area (Å²) in [6.45, 7) is 5.94. The molecule has 0 radical (unpaired) electrons. The van der Waals surface area contributed by atoms with Gasteiger partial charge in [-0.3, -0.25) is 0 Å². The molecule has 0 spiro atoms. The van der Waals surface area contributed by atoms with Crippen molar-refractivity contribution in [3.8, 4) is 0 Å². The van der Waals surface area contributed by atoms with Gasteiger partial charge in [-0.15, -0.1) is 0 Å². The third-order valence-electron chi connectivity index (χ3n) is 3.53. The molecule has 0 aliphatic rings. The first-order valence-electron chi connectivity index (χ1n) is 7.47. The van der Waals surface area contributed by atoms with E-state index in [0.717, 1.165) is 11.7 Å². The molecule has 128 valence electrons. The zero-order chi connectivity index (χ0) is 17.3. The van der Waals surface area contributed by atoms with E-state index < -0.39 is 10.0 Å². The van der Waals surface area contributed by atoms with E-state index in [4.69, 9.17) is 4.52 Å². The molecule has 0 bridgehead atoms. The second-order valence-corrected chi connectivity index (χ2v) is 7.96. The van der Waals surface area contributed by atoms with E-state index in [0.29, 0.717) is 16.9 Å². The second-order valence-electron chi connectivity index (χ2n) is 5.52. The zero-order valence-electron chi connectivity index (χ0n) is 13.5. The fourth-order valence-electron chi connectivity index (χ4n) is 2.21. The summed E-state index contributed by atoms with van der Waals surface area (Å²) < 4.78 is 40.6. The van der Waals surface area contributed by atoms with Crippen LogP contribution in [0.1, 0.15) is 38.4 Å². The van der Waals surface area contributed by atoms with Crippen LogP contribution < -0.4 is 0 Å². The molecule has 3 aromatic rings. The number of rotatable bonds is 6. The molecule has 0 aliphatic carbocycles. The third-order valence-corrected chi connectivity index (χ3v) is 6.03. The van der Waals surface area contributed by atoms with Gasteiger partial charge in [0, 0.05) is 12.5 Å². The van der Waals surface area contributed by atoms with Crippen molar-refractivity contribution in [2.24, 2.45) is 0 Å². The van der Waals surface area contributed by atoms with Crippen molar-refractivity contribution in [1.29, 1.82) is 0 Å². The van der Waals surface area contributed by atoms with Crippen LogP contribution in [-0.4, -0.2) is 38.2 Å². The maximum atomic E-state index is 13.0. The van der Waals surface area contributed by atoms with Gasteiger partial charge in [0.05, 0.1) is 18.3 Å². The van der Waals surface area contributed by atoms with Gasteiger partial charge in [-0.25, -0.2) is 8.42 Å². The van der Waals surface area contributed by atoms with Crippen LogP contribution >= 0.6 is 11.7 Å². The van der Waals surface area contributed by atoms with Gasteiger partial charge in [0.15, 0.2) is 5.82 Å². The highest BCUT2D eigenvalue weighted by Gasteiger charge is 2.28. The van der Waals surface area contributed by atoms with Gasteiger partial charge in [0.2, 0.25) is 15.9 Å². The molecule has 0 saturated heterocycles. The lowest BCUT2D eigenvalue weighted by atomic mass is 10.2. The monoisotopic (exact) mass is 367 g/mol. The Morgan fingerprint density at radius 1 is 1.29 bits per heavy atom. The number of hydrogen-bond donors (Lipinski definition) is 0. The highest BCUT2D eigenvalue weighted by atomic mass is 32.2. The molecule has 0 fully saturated rings. The molecular weight excluding hydrogens is 350 g/mol. The molecule has 3 rings (SSSR count). The maximum absolute atomic E-state index is 13.0. The van der Waals surface area contributed by atoms with Crippen LogP contribution in [0.2, 0.25) is 0 Å². The zero-order valence-corrected chi connectivity index (χ0v) is 15.1. The van der Waals surface area contributed by atoms with Crippen LogP contribution in [0.5, 0.6) is 0 Å². The predicted molar refractivity (Wildman–Crippen MR) is 89.1 cm³/mol. The largest absolute Gasteiger partial charge is 0.338 e. The Morgan fingerprint density at radius 3 is 2.75 bits per heavy atom. The summed E-state index contributed by atoms with van der Waals surface area (Å²) in [6.07, 6.45) is 0. The number of aromatic nitrogens is 4. The van der Waals surface area contributed by atoms with Crippen molar-refractivity contribution in [2.75, 3.05) is 6.54 Å². The Morgan fingerprint density at radius 2 is 2.08 bits per heavy atom. The first-order chi connectivity index (χ1) is 11.4. The van der Waals surface area contributed by atoms with Gasteiger partial charge in [-0.2, -0.15) is 18.0 Å². The summed E-state index contributed by atoms with van der Waals surface area (Å²) in [5, 5.41) is 3.87. The molecular formula is C14H17N5O3S2. The number of benzene rings is 1.